The highest BCUT2D eigenvalue weighted by Gasteiger charge is 2.04. The predicted octanol–water partition coefficient (Wildman–Crippen LogP) is 3.77. The summed E-state index contributed by atoms with van der Waals surface area (Å²) in [5.41, 5.74) is 0. The summed E-state index contributed by atoms with van der Waals surface area (Å²) in [6, 6.07) is 0. The van der Waals surface area contributed by atoms with Gasteiger partial charge in [-0.2, -0.15) is 0 Å². The van der Waals surface area contributed by atoms with Crippen molar-refractivity contribution in [2.75, 3.05) is 19.8 Å². The largest absolute Gasteiger partial charge is 0.394 e. The average molecular weight is 230 g/mol. The summed E-state index contributed by atoms with van der Waals surface area (Å²) in [5.74, 6) is 0.943. The lowest BCUT2D eigenvalue weighted by atomic mass is 9.93. The van der Waals surface area contributed by atoms with Gasteiger partial charge >= 0.3 is 0 Å². The molecule has 0 saturated carbocycles. The van der Waals surface area contributed by atoms with Gasteiger partial charge in [-0.05, 0) is 12.3 Å². The molecule has 0 fully saturated rings. The molecule has 98 valence electrons. The zero-order valence-corrected chi connectivity index (χ0v) is 11.2. The highest BCUT2D eigenvalue weighted by molar-refractivity contribution is 4.57. The molecule has 0 radical (unpaired) electrons. The molecule has 0 heterocycles. The van der Waals surface area contributed by atoms with E-state index in [0.29, 0.717) is 6.61 Å². The molecule has 0 aromatic carbocycles. The first-order valence-corrected chi connectivity index (χ1v) is 7.03. The van der Waals surface area contributed by atoms with E-state index in [1.165, 1.54) is 44.9 Å². The Kier molecular flexibility index (Phi) is 12.9. The molecule has 0 aliphatic heterocycles. The molecule has 2 heteroatoms. The third-order valence-electron chi connectivity index (χ3n) is 3.18. The first kappa shape index (κ1) is 15.9. The van der Waals surface area contributed by atoms with E-state index in [-0.39, 0.29) is 6.61 Å². The van der Waals surface area contributed by atoms with Crippen LogP contribution in [0.3, 0.4) is 0 Å². The van der Waals surface area contributed by atoms with E-state index in [2.05, 4.69) is 13.8 Å². The summed E-state index contributed by atoms with van der Waals surface area (Å²) in [4.78, 5) is 0. The molecule has 1 atom stereocenters. The number of unbranched alkanes of at least 4 members (excludes halogenated alkanes) is 3. The minimum Gasteiger partial charge on any atom is -0.394 e. The highest BCUT2D eigenvalue weighted by Crippen LogP contribution is 2.19. The maximum absolute atomic E-state index is 8.53. The van der Waals surface area contributed by atoms with Crippen molar-refractivity contribution in [1.82, 2.24) is 0 Å². The predicted molar refractivity (Wildman–Crippen MR) is 69.7 cm³/mol. The van der Waals surface area contributed by atoms with E-state index in [4.69, 9.17) is 9.84 Å². The van der Waals surface area contributed by atoms with Crippen LogP contribution in [-0.2, 0) is 4.74 Å². The molecule has 0 rings (SSSR count). The molecule has 0 aromatic rings. The molecular weight excluding hydrogens is 200 g/mol. The average Bonchev–Trinajstić information content (AvgIpc) is 2.32. The van der Waals surface area contributed by atoms with Crippen LogP contribution in [0.15, 0.2) is 0 Å². The van der Waals surface area contributed by atoms with Crippen LogP contribution in [0.2, 0.25) is 0 Å². The van der Waals surface area contributed by atoms with Gasteiger partial charge in [0.2, 0.25) is 0 Å². The van der Waals surface area contributed by atoms with Crippen molar-refractivity contribution in [2.24, 2.45) is 5.92 Å². The molecule has 0 amide bonds. The van der Waals surface area contributed by atoms with Gasteiger partial charge in [-0.3, -0.25) is 0 Å². The lowest BCUT2D eigenvalue weighted by Gasteiger charge is -2.13. The van der Waals surface area contributed by atoms with Crippen LogP contribution in [0, 0.1) is 5.92 Å². The van der Waals surface area contributed by atoms with E-state index in [0.717, 1.165) is 18.9 Å². The van der Waals surface area contributed by atoms with Crippen molar-refractivity contribution in [3.8, 4) is 0 Å². The van der Waals surface area contributed by atoms with E-state index in [1.54, 1.807) is 0 Å². The van der Waals surface area contributed by atoms with Gasteiger partial charge in [-0.25, -0.2) is 0 Å². The van der Waals surface area contributed by atoms with Crippen molar-refractivity contribution in [3.05, 3.63) is 0 Å². The number of ether oxygens (including phenoxy) is 1. The molecule has 0 aliphatic rings. The van der Waals surface area contributed by atoms with Crippen molar-refractivity contribution >= 4 is 0 Å². The van der Waals surface area contributed by atoms with E-state index < -0.39 is 0 Å². The molecule has 2 nitrogen and oxygen atoms in total. The van der Waals surface area contributed by atoms with Crippen molar-refractivity contribution < 1.29 is 9.84 Å². The smallest absolute Gasteiger partial charge is 0.0697 e. The van der Waals surface area contributed by atoms with E-state index >= 15 is 0 Å². The summed E-state index contributed by atoms with van der Waals surface area (Å²) in [7, 11) is 0. The van der Waals surface area contributed by atoms with Gasteiger partial charge in [0.15, 0.2) is 0 Å². The maximum Gasteiger partial charge on any atom is 0.0697 e. The van der Waals surface area contributed by atoms with Crippen molar-refractivity contribution in [3.63, 3.8) is 0 Å². The highest BCUT2D eigenvalue weighted by atomic mass is 16.5. The zero-order valence-electron chi connectivity index (χ0n) is 11.2. The molecule has 1 unspecified atom stereocenters. The number of hydrogen-bond acceptors (Lipinski definition) is 2. The van der Waals surface area contributed by atoms with Gasteiger partial charge in [0.05, 0.1) is 13.2 Å². The number of hydrogen-bond donors (Lipinski definition) is 1. The van der Waals surface area contributed by atoms with Crippen LogP contribution >= 0.6 is 0 Å². The zero-order chi connectivity index (χ0) is 12.1. The Morgan fingerprint density at radius 3 is 2.31 bits per heavy atom. The molecule has 0 aliphatic carbocycles. The second-order valence-corrected chi connectivity index (χ2v) is 4.60. The normalized spacial score (nSPS) is 12.9. The van der Waals surface area contributed by atoms with Crippen LogP contribution < -0.4 is 0 Å². The number of rotatable bonds is 12. The molecule has 1 N–H and O–H groups in total. The van der Waals surface area contributed by atoms with Crippen LogP contribution in [0.4, 0.5) is 0 Å². The quantitative estimate of drug-likeness (QED) is 0.517. The minimum absolute atomic E-state index is 0.148. The van der Waals surface area contributed by atoms with Crippen LogP contribution in [0.5, 0.6) is 0 Å². The van der Waals surface area contributed by atoms with Crippen molar-refractivity contribution in [2.45, 2.75) is 65.2 Å². The maximum atomic E-state index is 8.53. The Morgan fingerprint density at radius 2 is 1.69 bits per heavy atom. The standard InChI is InChI=1S/C14H30O2/c1-3-5-9-14(4-2)10-7-6-8-12-16-13-11-15/h14-15H,3-13H2,1-2H3. The summed E-state index contributed by atoms with van der Waals surface area (Å²) < 4.78 is 5.23. The van der Waals surface area contributed by atoms with Crippen LogP contribution in [-0.4, -0.2) is 24.9 Å². The fourth-order valence-corrected chi connectivity index (χ4v) is 2.03. The van der Waals surface area contributed by atoms with Gasteiger partial charge < -0.3 is 9.84 Å². The molecule has 0 saturated heterocycles. The Hall–Kier alpha value is -0.0800. The Bertz CT molecular complexity index is 126. The van der Waals surface area contributed by atoms with E-state index in [9.17, 15) is 0 Å². The summed E-state index contributed by atoms with van der Waals surface area (Å²) in [6.07, 6.45) is 10.6. The van der Waals surface area contributed by atoms with Crippen LogP contribution in [0.25, 0.3) is 0 Å². The van der Waals surface area contributed by atoms with Crippen molar-refractivity contribution in [1.29, 1.82) is 0 Å². The van der Waals surface area contributed by atoms with Gasteiger partial charge in [-0.15, -0.1) is 0 Å². The lowest BCUT2D eigenvalue weighted by Crippen LogP contribution is -2.02. The summed E-state index contributed by atoms with van der Waals surface area (Å²) in [6.45, 7) is 6.03. The number of aliphatic hydroxyl groups excluding tert-OH is 1. The second kappa shape index (κ2) is 13.0. The SMILES string of the molecule is CCCCC(CC)CCCCCOCCO. The van der Waals surface area contributed by atoms with Crippen LogP contribution in [0.1, 0.15) is 65.2 Å². The fraction of sp³-hybridized carbons (Fsp3) is 1.00. The topological polar surface area (TPSA) is 29.5 Å². The fourth-order valence-electron chi connectivity index (χ4n) is 2.03. The third kappa shape index (κ3) is 10.4. The lowest BCUT2D eigenvalue weighted by molar-refractivity contribution is 0.0893. The second-order valence-electron chi connectivity index (χ2n) is 4.60. The van der Waals surface area contributed by atoms with E-state index in [1.807, 2.05) is 0 Å². The summed E-state index contributed by atoms with van der Waals surface area (Å²) >= 11 is 0. The Morgan fingerprint density at radius 1 is 0.938 bits per heavy atom. The van der Waals surface area contributed by atoms with Gasteiger partial charge in [0.1, 0.15) is 0 Å². The Labute approximate surface area is 101 Å². The van der Waals surface area contributed by atoms with Gasteiger partial charge in [-0.1, -0.05) is 58.8 Å². The molecule has 0 aromatic heterocycles. The van der Waals surface area contributed by atoms with Gasteiger partial charge in [0, 0.05) is 6.61 Å². The monoisotopic (exact) mass is 230 g/mol. The first-order valence-electron chi connectivity index (χ1n) is 7.03. The third-order valence-corrected chi connectivity index (χ3v) is 3.18. The molecular formula is C14H30O2. The minimum atomic E-state index is 0.148. The molecule has 16 heavy (non-hydrogen) atoms. The first-order chi connectivity index (χ1) is 7.85. The number of aliphatic hydroxyl groups is 1. The molecule has 0 spiro atoms. The summed E-state index contributed by atoms with van der Waals surface area (Å²) in [5, 5.41) is 8.53. The van der Waals surface area contributed by atoms with Gasteiger partial charge in [0.25, 0.3) is 0 Å². The molecule has 0 bridgehead atoms. The Balaban J connectivity index is 3.20.